The highest BCUT2D eigenvalue weighted by Gasteiger charge is 2.44. The Morgan fingerprint density at radius 2 is 2.36 bits per heavy atom. The van der Waals surface area contributed by atoms with Gasteiger partial charge in [-0.05, 0) is 24.0 Å². The summed E-state index contributed by atoms with van der Waals surface area (Å²) in [6.07, 6.45) is 3.04. The fourth-order valence-corrected chi connectivity index (χ4v) is 2.71. The summed E-state index contributed by atoms with van der Waals surface area (Å²) in [6, 6.07) is 3.14. The number of nitrogens with one attached hydrogen (secondary N) is 1. The van der Waals surface area contributed by atoms with E-state index in [1.54, 1.807) is 6.07 Å². The molecule has 7 heteroatoms. The highest BCUT2D eigenvalue weighted by molar-refractivity contribution is 5.81. The Morgan fingerprint density at radius 3 is 2.91 bits per heavy atom. The largest absolute Gasteiger partial charge is 0.417 e. The molecule has 1 aromatic rings. The molecule has 3 rings (SSSR count). The van der Waals surface area contributed by atoms with Crippen LogP contribution in [0.4, 0.5) is 8.78 Å². The summed E-state index contributed by atoms with van der Waals surface area (Å²) in [4.78, 5) is 15.7. The minimum atomic E-state index is -2.92. The third-order valence-electron chi connectivity index (χ3n) is 4.35. The highest BCUT2D eigenvalue weighted by Crippen LogP contribution is 2.40. The third-order valence-corrected chi connectivity index (χ3v) is 4.35. The van der Waals surface area contributed by atoms with Crippen molar-refractivity contribution in [3.63, 3.8) is 0 Å². The van der Waals surface area contributed by atoms with Crippen molar-refractivity contribution in [2.24, 2.45) is 11.8 Å². The molecule has 2 fully saturated rings. The van der Waals surface area contributed by atoms with Crippen LogP contribution in [0.3, 0.4) is 0 Å². The van der Waals surface area contributed by atoms with Crippen LogP contribution in [0.15, 0.2) is 18.3 Å². The van der Waals surface area contributed by atoms with E-state index in [4.69, 9.17) is 4.74 Å². The molecule has 22 heavy (non-hydrogen) atoms. The average molecular weight is 312 g/mol. The van der Waals surface area contributed by atoms with Gasteiger partial charge in [-0.25, -0.2) is 4.98 Å². The van der Waals surface area contributed by atoms with E-state index < -0.39 is 12.2 Å². The van der Waals surface area contributed by atoms with Crippen molar-refractivity contribution in [3.05, 3.63) is 23.9 Å². The van der Waals surface area contributed by atoms with Gasteiger partial charge in [-0.2, -0.15) is 8.78 Å². The molecule has 1 amide bonds. The van der Waals surface area contributed by atoms with E-state index >= 15 is 0 Å². The summed E-state index contributed by atoms with van der Waals surface area (Å²) >= 11 is 0. The average Bonchev–Trinajstić information content (AvgIpc) is 3.14. The van der Waals surface area contributed by atoms with Gasteiger partial charge in [-0.1, -0.05) is 6.92 Å². The van der Waals surface area contributed by atoms with E-state index in [2.05, 4.69) is 15.0 Å². The van der Waals surface area contributed by atoms with Crippen LogP contribution >= 0.6 is 0 Å². The van der Waals surface area contributed by atoms with Gasteiger partial charge in [-0.15, -0.1) is 0 Å². The number of ether oxygens (including phenoxy) is 2. The first kappa shape index (κ1) is 15.1. The Bertz CT molecular complexity index is 563. The Hall–Kier alpha value is -1.76. The molecule has 0 radical (unpaired) electrons. The van der Waals surface area contributed by atoms with Crippen LogP contribution in [0, 0.1) is 11.8 Å². The van der Waals surface area contributed by atoms with Crippen LogP contribution in [-0.4, -0.2) is 30.7 Å². The van der Waals surface area contributed by atoms with Crippen LogP contribution < -0.4 is 10.1 Å². The number of pyridine rings is 1. The second-order valence-electron chi connectivity index (χ2n) is 5.89. The van der Waals surface area contributed by atoms with E-state index in [0.717, 1.165) is 6.42 Å². The predicted molar refractivity (Wildman–Crippen MR) is 73.4 cm³/mol. The summed E-state index contributed by atoms with van der Waals surface area (Å²) in [5.41, 5.74) is 0.0188. The van der Waals surface area contributed by atoms with Crippen molar-refractivity contribution in [3.8, 4) is 5.88 Å². The zero-order chi connectivity index (χ0) is 15.7. The van der Waals surface area contributed by atoms with Crippen LogP contribution in [0.1, 0.15) is 25.3 Å². The lowest BCUT2D eigenvalue weighted by Gasteiger charge is -2.42. The van der Waals surface area contributed by atoms with Crippen molar-refractivity contribution in [2.75, 3.05) is 13.2 Å². The maximum absolute atomic E-state index is 12.3. The minimum absolute atomic E-state index is 0.0282. The maximum Gasteiger partial charge on any atom is 0.388 e. The maximum atomic E-state index is 12.3. The lowest BCUT2D eigenvalue weighted by molar-refractivity contribution is -0.155. The van der Waals surface area contributed by atoms with Gasteiger partial charge in [0.05, 0.1) is 13.2 Å². The van der Waals surface area contributed by atoms with Gasteiger partial charge in [0.25, 0.3) is 0 Å². The van der Waals surface area contributed by atoms with Crippen LogP contribution in [0.5, 0.6) is 5.88 Å². The number of rotatable bonds is 6. The van der Waals surface area contributed by atoms with Gasteiger partial charge in [0.15, 0.2) is 0 Å². The summed E-state index contributed by atoms with van der Waals surface area (Å²) in [5, 5.41) is 2.90. The second kappa shape index (κ2) is 5.79. The highest BCUT2D eigenvalue weighted by atomic mass is 19.3. The molecule has 1 N–H and O–H groups in total. The molecule has 5 nitrogen and oxygen atoms in total. The van der Waals surface area contributed by atoms with Gasteiger partial charge in [0.2, 0.25) is 11.8 Å². The standard InChI is InChI=1S/C15H18F2N2O3/c1-9-6-11(9)13(20)19-8-15(3-5-21-15)10-2-4-18-12(7-10)22-14(16)17/h2,4,7,9,11,14H,3,5-6,8H2,1H3,(H,19,20)/t9-,11-,15?/m0/s1. The number of alkyl halides is 2. The first-order chi connectivity index (χ1) is 10.5. The topological polar surface area (TPSA) is 60.5 Å². The fraction of sp³-hybridized carbons (Fsp3) is 0.600. The third kappa shape index (κ3) is 3.04. The summed E-state index contributed by atoms with van der Waals surface area (Å²) in [5.74, 6) is 0.405. The Balaban J connectivity index is 1.68. The van der Waals surface area contributed by atoms with Gasteiger partial charge in [-0.3, -0.25) is 4.79 Å². The van der Waals surface area contributed by atoms with E-state index in [9.17, 15) is 13.6 Å². The number of halogens is 2. The van der Waals surface area contributed by atoms with Crippen LogP contribution in [-0.2, 0) is 15.1 Å². The second-order valence-corrected chi connectivity index (χ2v) is 5.89. The van der Waals surface area contributed by atoms with E-state index in [1.165, 1.54) is 12.3 Å². The van der Waals surface area contributed by atoms with Gasteiger partial charge in [0.1, 0.15) is 5.60 Å². The van der Waals surface area contributed by atoms with E-state index in [-0.39, 0.29) is 17.7 Å². The lowest BCUT2D eigenvalue weighted by Crippen LogP contribution is -2.50. The number of nitrogens with zero attached hydrogens (tertiary/aromatic N) is 1. The minimum Gasteiger partial charge on any atom is -0.417 e. The SMILES string of the molecule is C[C@H]1C[C@@H]1C(=O)NCC1(c2ccnc(OC(F)F)c2)CCO1. The first-order valence-electron chi connectivity index (χ1n) is 7.33. The van der Waals surface area contributed by atoms with Crippen molar-refractivity contribution in [2.45, 2.75) is 32.0 Å². The smallest absolute Gasteiger partial charge is 0.388 e. The van der Waals surface area contributed by atoms with E-state index in [1.807, 2.05) is 6.92 Å². The number of hydrogen-bond acceptors (Lipinski definition) is 4. The molecule has 1 saturated carbocycles. The Labute approximate surface area is 127 Å². The zero-order valence-electron chi connectivity index (χ0n) is 12.2. The van der Waals surface area contributed by atoms with Crippen LogP contribution in [0.25, 0.3) is 0 Å². The molecule has 1 saturated heterocycles. The van der Waals surface area contributed by atoms with Gasteiger partial charge in [0, 0.05) is 24.6 Å². The summed E-state index contributed by atoms with van der Waals surface area (Å²) in [7, 11) is 0. The molecule has 1 aliphatic heterocycles. The molecule has 1 unspecified atom stereocenters. The van der Waals surface area contributed by atoms with Crippen molar-refractivity contribution in [1.29, 1.82) is 0 Å². The fourth-order valence-electron chi connectivity index (χ4n) is 2.71. The van der Waals surface area contributed by atoms with Crippen molar-refractivity contribution < 1.29 is 23.0 Å². The van der Waals surface area contributed by atoms with Gasteiger partial charge >= 0.3 is 6.61 Å². The molecule has 2 heterocycles. The molecule has 0 spiro atoms. The molecule has 2 aliphatic rings. The first-order valence-corrected chi connectivity index (χ1v) is 7.33. The summed E-state index contributed by atoms with van der Waals surface area (Å²) < 4.78 is 34.5. The molecule has 0 bridgehead atoms. The number of amides is 1. The van der Waals surface area contributed by atoms with Crippen LogP contribution in [0.2, 0.25) is 0 Å². The number of carbonyl (C=O) groups is 1. The van der Waals surface area contributed by atoms with E-state index in [0.29, 0.717) is 31.1 Å². The molecule has 3 atom stereocenters. The Kier molecular flexibility index (Phi) is 3.99. The summed E-state index contributed by atoms with van der Waals surface area (Å²) in [6.45, 7) is 0.0180. The predicted octanol–water partition coefficient (Wildman–Crippen LogP) is 2.07. The molecule has 0 aromatic carbocycles. The molecule has 120 valence electrons. The quantitative estimate of drug-likeness (QED) is 0.873. The molecule has 1 aromatic heterocycles. The monoisotopic (exact) mass is 312 g/mol. The molecular weight excluding hydrogens is 294 g/mol. The lowest BCUT2D eigenvalue weighted by atomic mass is 9.87. The normalized spacial score (nSPS) is 29.8. The van der Waals surface area contributed by atoms with Gasteiger partial charge < -0.3 is 14.8 Å². The Morgan fingerprint density at radius 1 is 1.64 bits per heavy atom. The number of carbonyl (C=O) groups excluding carboxylic acids is 1. The van der Waals surface area contributed by atoms with Crippen molar-refractivity contribution >= 4 is 5.91 Å². The zero-order valence-corrected chi connectivity index (χ0v) is 12.2. The number of aromatic nitrogens is 1. The molecular formula is C15H18F2N2O3. The molecule has 1 aliphatic carbocycles. The van der Waals surface area contributed by atoms with Crippen molar-refractivity contribution in [1.82, 2.24) is 10.3 Å². The number of hydrogen-bond donors (Lipinski definition) is 1.